The van der Waals surface area contributed by atoms with Crippen LogP contribution >= 0.6 is 11.5 Å². The molecule has 0 fully saturated rings. The summed E-state index contributed by atoms with van der Waals surface area (Å²) < 4.78 is 25.5. The molecule has 0 aliphatic rings. The highest BCUT2D eigenvalue weighted by Crippen LogP contribution is 2.14. The minimum absolute atomic E-state index is 0.0827. The molecular formula is C6H12N4O2S2. The molecule has 1 aromatic rings. The van der Waals surface area contributed by atoms with Gasteiger partial charge in [-0.25, -0.2) is 8.42 Å². The molecule has 0 aromatic carbocycles. The van der Waals surface area contributed by atoms with E-state index in [0.717, 1.165) is 0 Å². The lowest BCUT2D eigenvalue weighted by molar-refractivity contribution is 0.519. The highest BCUT2D eigenvalue weighted by atomic mass is 32.2. The van der Waals surface area contributed by atoms with Crippen molar-refractivity contribution in [1.29, 1.82) is 0 Å². The van der Waals surface area contributed by atoms with E-state index in [1.165, 1.54) is 17.8 Å². The van der Waals surface area contributed by atoms with E-state index in [1.807, 2.05) is 0 Å². The fraction of sp³-hybridized carbons (Fsp3) is 0.667. The minimum Gasteiger partial charge on any atom is -0.271 e. The molecule has 1 heterocycles. The summed E-state index contributed by atoms with van der Waals surface area (Å²) in [6, 6.07) is -0.247. The summed E-state index contributed by atoms with van der Waals surface area (Å²) in [7, 11) is -2.96. The van der Waals surface area contributed by atoms with Crippen LogP contribution in [0.15, 0.2) is 5.38 Å². The van der Waals surface area contributed by atoms with Gasteiger partial charge in [-0.05, 0) is 18.0 Å². The van der Waals surface area contributed by atoms with Crippen molar-refractivity contribution in [3.05, 3.63) is 11.1 Å². The van der Waals surface area contributed by atoms with E-state index < -0.39 is 9.84 Å². The van der Waals surface area contributed by atoms with Crippen molar-refractivity contribution in [3.8, 4) is 0 Å². The quantitative estimate of drug-likeness (QED) is 0.527. The molecule has 6 nitrogen and oxygen atoms in total. The Morgan fingerprint density at radius 3 is 2.86 bits per heavy atom. The number of nitrogens with one attached hydrogen (secondary N) is 1. The zero-order chi connectivity index (χ0) is 10.6. The molecule has 0 spiro atoms. The SMILES string of the molecule is CS(=O)(=O)CCC(NN)c1csnn1. The average molecular weight is 236 g/mol. The molecule has 1 unspecified atom stereocenters. The Bertz CT molecular complexity index is 361. The van der Waals surface area contributed by atoms with E-state index in [2.05, 4.69) is 15.0 Å². The van der Waals surface area contributed by atoms with E-state index >= 15 is 0 Å². The minimum atomic E-state index is -2.96. The lowest BCUT2D eigenvalue weighted by Crippen LogP contribution is -2.29. The van der Waals surface area contributed by atoms with E-state index in [4.69, 9.17) is 5.84 Å². The molecule has 1 rings (SSSR count). The van der Waals surface area contributed by atoms with Gasteiger partial charge in [0.15, 0.2) is 0 Å². The zero-order valence-electron chi connectivity index (χ0n) is 7.67. The van der Waals surface area contributed by atoms with Crippen LogP contribution in [0.5, 0.6) is 0 Å². The van der Waals surface area contributed by atoms with Gasteiger partial charge in [-0.3, -0.25) is 11.3 Å². The van der Waals surface area contributed by atoms with Gasteiger partial charge in [0.25, 0.3) is 0 Å². The van der Waals surface area contributed by atoms with Crippen LogP contribution in [0.1, 0.15) is 18.2 Å². The third kappa shape index (κ3) is 3.66. The molecule has 14 heavy (non-hydrogen) atoms. The Kier molecular flexibility index (Phi) is 3.93. The molecule has 8 heteroatoms. The molecule has 0 saturated heterocycles. The third-order valence-corrected chi connectivity index (χ3v) is 3.21. The molecule has 0 radical (unpaired) electrons. The van der Waals surface area contributed by atoms with Gasteiger partial charge in [-0.1, -0.05) is 4.49 Å². The predicted molar refractivity (Wildman–Crippen MR) is 54.3 cm³/mol. The fourth-order valence-electron chi connectivity index (χ4n) is 0.972. The van der Waals surface area contributed by atoms with Crippen LogP contribution in [0.3, 0.4) is 0 Å². The summed E-state index contributed by atoms with van der Waals surface area (Å²) in [5, 5.41) is 5.56. The Hall–Kier alpha value is -0.570. The zero-order valence-corrected chi connectivity index (χ0v) is 9.31. The fourth-order valence-corrected chi connectivity index (χ4v) is 2.14. The maximum absolute atomic E-state index is 10.9. The number of rotatable bonds is 5. The molecule has 80 valence electrons. The van der Waals surface area contributed by atoms with Crippen molar-refractivity contribution in [3.63, 3.8) is 0 Å². The Labute approximate surface area is 86.6 Å². The monoisotopic (exact) mass is 236 g/mol. The summed E-state index contributed by atoms with van der Waals surface area (Å²) in [6.07, 6.45) is 1.60. The maximum Gasteiger partial charge on any atom is 0.147 e. The molecular weight excluding hydrogens is 224 g/mol. The van der Waals surface area contributed by atoms with Crippen molar-refractivity contribution >= 4 is 21.4 Å². The van der Waals surface area contributed by atoms with Crippen molar-refractivity contribution < 1.29 is 8.42 Å². The smallest absolute Gasteiger partial charge is 0.147 e. The van der Waals surface area contributed by atoms with Gasteiger partial charge in [-0.2, -0.15) is 0 Å². The number of nitrogens with zero attached hydrogens (tertiary/aromatic N) is 2. The molecule has 0 saturated carbocycles. The van der Waals surface area contributed by atoms with E-state index in [1.54, 1.807) is 5.38 Å². The predicted octanol–water partition coefficient (Wildman–Crippen LogP) is -0.523. The molecule has 0 aliphatic carbocycles. The van der Waals surface area contributed by atoms with Crippen LogP contribution in [0.4, 0.5) is 0 Å². The van der Waals surface area contributed by atoms with Gasteiger partial charge < -0.3 is 0 Å². The van der Waals surface area contributed by atoms with Crippen LogP contribution < -0.4 is 11.3 Å². The lowest BCUT2D eigenvalue weighted by Gasteiger charge is -2.11. The first-order chi connectivity index (χ1) is 6.53. The van der Waals surface area contributed by atoms with Crippen molar-refractivity contribution in [2.45, 2.75) is 12.5 Å². The van der Waals surface area contributed by atoms with E-state index in [9.17, 15) is 8.42 Å². The van der Waals surface area contributed by atoms with Gasteiger partial charge in [0.05, 0.1) is 17.5 Å². The summed E-state index contributed by atoms with van der Waals surface area (Å²) in [5.74, 6) is 5.37. The number of hydrogen-bond donors (Lipinski definition) is 2. The van der Waals surface area contributed by atoms with Crippen LogP contribution in [-0.4, -0.2) is 30.0 Å². The standard InChI is InChI=1S/C6H12N4O2S2/c1-14(11,12)3-2-5(8-7)6-4-13-10-9-6/h4-5,8H,2-3,7H2,1H3. The van der Waals surface area contributed by atoms with Crippen molar-refractivity contribution in [2.75, 3.05) is 12.0 Å². The second-order valence-electron chi connectivity index (χ2n) is 2.97. The highest BCUT2D eigenvalue weighted by molar-refractivity contribution is 7.90. The summed E-state index contributed by atoms with van der Waals surface area (Å²) >= 11 is 1.21. The number of hydrazine groups is 1. The summed E-state index contributed by atoms with van der Waals surface area (Å²) in [6.45, 7) is 0. The first-order valence-corrected chi connectivity index (χ1v) is 6.83. The average Bonchev–Trinajstić information content (AvgIpc) is 2.56. The van der Waals surface area contributed by atoms with Gasteiger partial charge >= 0.3 is 0 Å². The largest absolute Gasteiger partial charge is 0.271 e. The van der Waals surface area contributed by atoms with Crippen LogP contribution in [0.25, 0.3) is 0 Å². The van der Waals surface area contributed by atoms with Crippen molar-refractivity contribution in [2.24, 2.45) is 5.84 Å². The van der Waals surface area contributed by atoms with Gasteiger partial charge in [0.2, 0.25) is 0 Å². The topological polar surface area (TPSA) is 98.0 Å². The first-order valence-electron chi connectivity index (χ1n) is 3.94. The molecule has 1 atom stereocenters. The van der Waals surface area contributed by atoms with E-state index in [0.29, 0.717) is 12.1 Å². The van der Waals surface area contributed by atoms with E-state index in [-0.39, 0.29) is 11.8 Å². The number of nitrogens with two attached hydrogens (primary N) is 1. The molecule has 0 amide bonds. The van der Waals surface area contributed by atoms with Gasteiger partial charge in [-0.15, -0.1) is 5.10 Å². The summed E-state index contributed by atoms with van der Waals surface area (Å²) in [5.41, 5.74) is 3.20. The normalized spacial score (nSPS) is 14.1. The Morgan fingerprint density at radius 1 is 1.71 bits per heavy atom. The van der Waals surface area contributed by atoms with Gasteiger partial charge in [0, 0.05) is 11.6 Å². The molecule has 1 aromatic heterocycles. The highest BCUT2D eigenvalue weighted by Gasteiger charge is 2.14. The molecule has 0 bridgehead atoms. The number of hydrogen-bond acceptors (Lipinski definition) is 7. The Morgan fingerprint density at radius 2 is 2.43 bits per heavy atom. The second kappa shape index (κ2) is 4.78. The van der Waals surface area contributed by atoms with Crippen LogP contribution in [0.2, 0.25) is 0 Å². The lowest BCUT2D eigenvalue weighted by atomic mass is 10.2. The molecule has 3 N–H and O–H groups in total. The summed E-state index contributed by atoms with van der Waals surface area (Å²) in [4.78, 5) is 0. The first kappa shape index (κ1) is 11.5. The van der Waals surface area contributed by atoms with Crippen molar-refractivity contribution in [1.82, 2.24) is 15.0 Å². The van der Waals surface area contributed by atoms with Gasteiger partial charge in [0.1, 0.15) is 9.84 Å². The molecule has 0 aliphatic heterocycles. The third-order valence-electron chi connectivity index (χ3n) is 1.71. The Balaban J connectivity index is 2.57. The number of sulfone groups is 1. The van der Waals surface area contributed by atoms with Crippen LogP contribution in [-0.2, 0) is 9.84 Å². The number of aromatic nitrogens is 2. The maximum atomic E-state index is 10.9. The second-order valence-corrected chi connectivity index (χ2v) is 5.84. The van der Waals surface area contributed by atoms with Crippen LogP contribution in [0, 0.1) is 0 Å².